The molecule has 1 saturated heterocycles. The van der Waals surface area contributed by atoms with Crippen LogP contribution in [0.2, 0.25) is 0 Å². The van der Waals surface area contributed by atoms with E-state index >= 15 is 0 Å². The van der Waals surface area contributed by atoms with E-state index in [1.807, 2.05) is 60.8 Å². The first kappa shape index (κ1) is 21.0. The molecule has 1 atom stereocenters. The molecule has 2 heterocycles. The molecule has 0 aliphatic carbocycles. The molecule has 0 saturated carbocycles. The SMILES string of the molecule is C[C@H]1CN(C(=O)c2ccccc2-c2nccs2)CCN(C(=O)OCc2ccccc2)O1. The van der Waals surface area contributed by atoms with Crippen LogP contribution in [0.15, 0.2) is 66.2 Å². The van der Waals surface area contributed by atoms with Gasteiger partial charge < -0.3 is 9.64 Å². The van der Waals surface area contributed by atoms with Gasteiger partial charge in [0, 0.05) is 35.8 Å². The van der Waals surface area contributed by atoms with Crippen LogP contribution in [0.4, 0.5) is 4.79 Å². The van der Waals surface area contributed by atoms with E-state index in [1.165, 1.54) is 16.4 Å². The van der Waals surface area contributed by atoms with Gasteiger partial charge in [0.2, 0.25) is 0 Å². The van der Waals surface area contributed by atoms with Gasteiger partial charge >= 0.3 is 6.09 Å². The fourth-order valence-electron chi connectivity index (χ4n) is 3.41. The van der Waals surface area contributed by atoms with Crippen molar-refractivity contribution in [1.82, 2.24) is 14.9 Å². The van der Waals surface area contributed by atoms with Gasteiger partial charge in [-0.3, -0.25) is 9.63 Å². The summed E-state index contributed by atoms with van der Waals surface area (Å²) < 4.78 is 5.37. The Balaban J connectivity index is 1.43. The molecule has 1 aliphatic heterocycles. The summed E-state index contributed by atoms with van der Waals surface area (Å²) in [6.07, 6.45) is 0.804. The molecule has 7 nitrogen and oxygen atoms in total. The second-order valence-electron chi connectivity index (χ2n) is 7.19. The third-order valence-electron chi connectivity index (χ3n) is 4.87. The highest BCUT2D eigenvalue weighted by molar-refractivity contribution is 7.13. The highest BCUT2D eigenvalue weighted by Crippen LogP contribution is 2.27. The molecule has 0 spiro atoms. The lowest BCUT2D eigenvalue weighted by atomic mass is 10.1. The number of ether oxygens (including phenoxy) is 1. The molecule has 31 heavy (non-hydrogen) atoms. The molecule has 160 valence electrons. The first-order valence-electron chi connectivity index (χ1n) is 10.0. The summed E-state index contributed by atoms with van der Waals surface area (Å²) in [5.41, 5.74) is 2.29. The van der Waals surface area contributed by atoms with E-state index in [2.05, 4.69) is 4.98 Å². The topological polar surface area (TPSA) is 72.0 Å². The molecule has 3 aromatic rings. The molecule has 2 aromatic carbocycles. The number of carbonyl (C=O) groups excluding carboxylic acids is 2. The van der Waals surface area contributed by atoms with Crippen LogP contribution in [0.1, 0.15) is 22.8 Å². The molecule has 8 heteroatoms. The zero-order valence-electron chi connectivity index (χ0n) is 17.1. The summed E-state index contributed by atoms with van der Waals surface area (Å²) in [7, 11) is 0. The maximum Gasteiger partial charge on any atom is 0.434 e. The molecule has 0 N–H and O–H groups in total. The van der Waals surface area contributed by atoms with Gasteiger partial charge in [-0.15, -0.1) is 11.3 Å². The minimum Gasteiger partial charge on any atom is -0.443 e. The molecule has 1 aliphatic rings. The summed E-state index contributed by atoms with van der Waals surface area (Å²) in [5, 5.41) is 3.89. The van der Waals surface area contributed by atoms with Crippen molar-refractivity contribution in [1.29, 1.82) is 0 Å². The Hall–Kier alpha value is -3.23. The van der Waals surface area contributed by atoms with E-state index in [-0.39, 0.29) is 25.2 Å². The van der Waals surface area contributed by atoms with Crippen LogP contribution in [0.5, 0.6) is 0 Å². The Morgan fingerprint density at radius 2 is 1.90 bits per heavy atom. The number of hydrogen-bond acceptors (Lipinski definition) is 6. The van der Waals surface area contributed by atoms with Crippen LogP contribution in [-0.4, -0.2) is 52.7 Å². The number of thiazole rings is 1. The van der Waals surface area contributed by atoms with Crippen molar-refractivity contribution in [3.8, 4) is 10.6 Å². The van der Waals surface area contributed by atoms with E-state index < -0.39 is 6.09 Å². The van der Waals surface area contributed by atoms with Crippen molar-refractivity contribution in [3.63, 3.8) is 0 Å². The number of rotatable bonds is 4. The Labute approximate surface area is 184 Å². The minimum absolute atomic E-state index is 0.110. The Morgan fingerprint density at radius 1 is 1.13 bits per heavy atom. The molecule has 1 fully saturated rings. The number of amides is 2. The van der Waals surface area contributed by atoms with Crippen molar-refractivity contribution < 1.29 is 19.2 Å². The summed E-state index contributed by atoms with van der Waals surface area (Å²) in [5.74, 6) is -0.110. The number of hydrogen-bond donors (Lipinski definition) is 0. The lowest BCUT2D eigenvalue weighted by molar-refractivity contribution is -0.159. The van der Waals surface area contributed by atoms with Crippen molar-refractivity contribution in [2.45, 2.75) is 19.6 Å². The third-order valence-corrected chi connectivity index (χ3v) is 5.68. The second kappa shape index (κ2) is 9.72. The monoisotopic (exact) mass is 437 g/mol. The summed E-state index contributed by atoms with van der Waals surface area (Å²) in [6.45, 7) is 2.93. The van der Waals surface area contributed by atoms with Gasteiger partial charge in [0.15, 0.2) is 0 Å². The summed E-state index contributed by atoms with van der Waals surface area (Å²) in [6, 6.07) is 16.9. The van der Waals surface area contributed by atoms with E-state index in [4.69, 9.17) is 9.57 Å². The number of nitrogens with zero attached hydrogens (tertiary/aromatic N) is 3. The Kier molecular flexibility index (Phi) is 6.59. The lowest BCUT2D eigenvalue weighted by Crippen LogP contribution is -2.37. The summed E-state index contributed by atoms with van der Waals surface area (Å²) >= 11 is 1.49. The van der Waals surface area contributed by atoms with Gasteiger partial charge in [-0.2, -0.15) is 5.06 Å². The zero-order valence-corrected chi connectivity index (χ0v) is 18.0. The van der Waals surface area contributed by atoms with Crippen molar-refractivity contribution in [2.24, 2.45) is 0 Å². The van der Waals surface area contributed by atoms with Crippen LogP contribution in [-0.2, 0) is 16.2 Å². The van der Waals surface area contributed by atoms with Crippen molar-refractivity contribution in [2.75, 3.05) is 19.6 Å². The highest BCUT2D eigenvalue weighted by Gasteiger charge is 2.29. The summed E-state index contributed by atoms with van der Waals surface area (Å²) in [4.78, 5) is 37.6. The van der Waals surface area contributed by atoms with Crippen molar-refractivity contribution >= 4 is 23.3 Å². The smallest absolute Gasteiger partial charge is 0.434 e. The van der Waals surface area contributed by atoms with Crippen LogP contribution in [0.25, 0.3) is 10.6 Å². The van der Waals surface area contributed by atoms with E-state index in [9.17, 15) is 9.59 Å². The van der Waals surface area contributed by atoms with Gasteiger partial charge in [0.25, 0.3) is 5.91 Å². The Morgan fingerprint density at radius 3 is 2.68 bits per heavy atom. The largest absolute Gasteiger partial charge is 0.443 e. The molecule has 1 aromatic heterocycles. The first-order valence-corrected chi connectivity index (χ1v) is 10.9. The normalized spacial score (nSPS) is 16.6. The predicted molar refractivity (Wildman–Crippen MR) is 117 cm³/mol. The zero-order chi connectivity index (χ0) is 21.6. The molecular formula is C23H23N3O4S. The van der Waals surface area contributed by atoms with Gasteiger partial charge in [-0.1, -0.05) is 48.5 Å². The predicted octanol–water partition coefficient (Wildman–Crippen LogP) is 4.22. The average Bonchev–Trinajstić information content (AvgIpc) is 3.27. The van der Waals surface area contributed by atoms with Gasteiger partial charge in [0.1, 0.15) is 17.7 Å². The fourth-order valence-corrected chi connectivity index (χ4v) is 4.09. The minimum atomic E-state index is -0.562. The fraction of sp³-hybridized carbons (Fsp3) is 0.261. The number of hydroxylamine groups is 2. The molecule has 0 unspecified atom stereocenters. The van der Waals surface area contributed by atoms with Crippen LogP contribution < -0.4 is 0 Å². The third kappa shape index (κ3) is 5.10. The standard InChI is InChI=1S/C23H23N3O4S/c1-17-15-25(22(27)20-10-6-5-9-19(20)21-24-11-14-31-21)12-13-26(30-17)23(28)29-16-18-7-3-2-4-8-18/h2-11,14,17H,12-13,15-16H2,1H3/t17-/m0/s1. The lowest BCUT2D eigenvalue weighted by Gasteiger charge is -2.22. The van der Waals surface area contributed by atoms with Crippen LogP contribution in [0.3, 0.4) is 0 Å². The maximum absolute atomic E-state index is 13.3. The molecule has 0 bridgehead atoms. The molecular weight excluding hydrogens is 414 g/mol. The maximum atomic E-state index is 13.3. The van der Waals surface area contributed by atoms with Crippen LogP contribution >= 0.6 is 11.3 Å². The Bertz CT molecular complexity index is 1030. The van der Waals surface area contributed by atoms with Gasteiger partial charge in [-0.25, -0.2) is 9.78 Å². The second-order valence-corrected chi connectivity index (χ2v) is 8.09. The quantitative estimate of drug-likeness (QED) is 0.611. The first-order chi connectivity index (χ1) is 15.1. The van der Waals surface area contributed by atoms with E-state index in [0.717, 1.165) is 16.1 Å². The molecule has 4 rings (SSSR count). The highest BCUT2D eigenvalue weighted by atomic mass is 32.1. The van der Waals surface area contributed by atoms with Gasteiger partial charge in [-0.05, 0) is 18.6 Å². The number of aromatic nitrogens is 1. The number of benzene rings is 2. The number of carbonyl (C=O) groups is 2. The molecule has 2 amide bonds. The van der Waals surface area contributed by atoms with Crippen molar-refractivity contribution in [3.05, 3.63) is 77.3 Å². The van der Waals surface area contributed by atoms with E-state index in [0.29, 0.717) is 18.7 Å². The average molecular weight is 438 g/mol. The van der Waals surface area contributed by atoms with Crippen LogP contribution in [0, 0.1) is 0 Å². The van der Waals surface area contributed by atoms with Gasteiger partial charge in [0.05, 0.1) is 6.54 Å². The van der Waals surface area contributed by atoms with E-state index in [1.54, 1.807) is 17.2 Å². The molecule has 0 radical (unpaired) electrons.